The van der Waals surface area contributed by atoms with Crippen molar-refractivity contribution in [1.29, 1.82) is 0 Å². The number of hydrogen-bond acceptors (Lipinski definition) is 5. The van der Waals surface area contributed by atoms with Crippen molar-refractivity contribution in [2.75, 3.05) is 13.1 Å². The molecule has 0 saturated carbocycles. The number of carbonyl (C=O) groups is 2. The molecule has 0 radical (unpaired) electrons. The monoisotopic (exact) mass is 630 g/mol. The molecule has 2 atom stereocenters. The number of aryl methyl sites for hydroxylation is 1. The number of carbonyl (C=O) groups excluding carboxylic acids is 2. The highest BCUT2D eigenvalue weighted by Crippen LogP contribution is 2.31. The highest BCUT2D eigenvalue weighted by atomic mass is 35.5. The second-order valence-corrected chi connectivity index (χ2v) is 13.7. The summed E-state index contributed by atoms with van der Waals surface area (Å²) >= 11 is 5.94. The zero-order valence-corrected chi connectivity index (χ0v) is 25.8. The molecule has 8 nitrogen and oxygen atoms in total. The van der Waals surface area contributed by atoms with Gasteiger partial charge < -0.3 is 16.0 Å². The number of piperazine rings is 1. The molecule has 0 unspecified atom stereocenters. The third-order valence-electron chi connectivity index (χ3n) is 8.46. The van der Waals surface area contributed by atoms with E-state index in [9.17, 15) is 18.0 Å². The average Bonchev–Trinajstić information content (AvgIpc) is 3.02. The Morgan fingerprint density at radius 1 is 0.977 bits per heavy atom. The van der Waals surface area contributed by atoms with E-state index in [4.69, 9.17) is 11.6 Å². The molecule has 10 heteroatoms. The van der Waals surface area contributed by atoms with Crippen molar-refractivity contribution in [1.82, 2.24) is 20.3 Å². The lowest BCUT2D eigenvalue weighted by molar-refractivity contribution is -0.132. The lowest BCUT2D eigenvalue weighted by Crippen LogP contribution is -2.58. The van der Waals surface area contributed by atoms with Gasteiger partial charge in [-0.05, 0) is 76.6 Å². The van der Waals surface area contributed by atoms with Crippen molar-refractivity contribution in [3.8, 4) is 0 Å². The molecule has 228 valence electrons. The van der Waals surface area contributed by atoms with Crippen molar-refractivity contribution in [3.05, 3.63) is 112 Å². The summed E-state index contributed by atoms with van der Waals surface area (Å²) in [6.07, 6.45) is 2.37. The number of sulfonamides is 1. The molecule has 4 aromatic rings. The van der Waals surface area contributed by atoms with Gasteiger partial charge in [-0.25, -0.2) is 8.42 Å². The molecule has 6 rings (SSSR count). The normalized spacial score (nSPS) is 18.9. The van der Waals surface area contributed by atoms with Gasteiger partial charge in [0.15, 0.2) is 0 Å². The van der Waals surface area contributed by atoms with Crippen molar-refractivity contribution in [2.45, 2.75) is 55.8 Å². The van der Waals surface area contributed by atoms with Gasteiger partial charge >= 0.3 is 0 Å². The van der Waals surface area contributed by atoms with Crippen molar-refractivity contribution >= 4 is 44.2 Å². The fourth-order valence-corrected chi connectivity index (χ4v) is 7.98. The summed E-state index contributed by atoms with van der Waals surface area (Å²) in [5, 5.41) is 12.3. The lowest BCUT2D eigenvalue weighted by atomic mass is 9.86. The molecule has 3 N–H and O–H groups in total. The average molecular weight is 631 g/mol. The first-order chi connectivity index (χ1) is 21.3. The fraction of sp³-hybridized carbons (Fsp3) is 0.294. The number of amides is 2. The quantitative estimate of drug-likeness (QED) is 0.245. The van der Waals surface area contributed by atoms with E-state index in [1.165, 1.54) is 51.7 Å². The van der Waals surface area contributed by atoms with Gasteiger partial charge in [-0.1, -0.05) is 72.3 Å². The maximum absolute atomic E-state index is 13.4. The Morgan fingerprint density at radius 2 is 1.77 bits per heavy atom. The van der Waals surface area contributed by atoms with Crippen LogP contribution in [0.5, 0.6) is 0 Å². The second kappa shape index (κ2) is 13.1. The van der Waals surface area contributed by atoms with Crippen LogP contribution >= 0.6 is 11.6 Å². The van der Waals surface area contributed by atoms with Crippen LogP contribution in [0, 0.1) is 0 Å². The molecular formula is C34H35ClN4O4S. The van der Waals surface area contributed by atoms with Gasteiger partial charge in [0, 0.05) is 31.2 Å². The predicted octanol–water partition coefficient (Wildman–Crippen LogP) is 4.86. The fourth-order valence-electron chi connectivity index (χ4n) is 6.26. The predicted molar refractivity (Wildman–Crippen MR) is 172 cm³/mol. The van der Waals surface area contributed by atoms with E-state index in [0.29, 0.717) is 5.02 Å². The number of halogens is 1. The van der Waals surface area contributed by atoms with Crippen LogP contribution in [-0.4, -0.2) is 43.7 Å². The molecule has 1 aliphatic carbocycles. The van der Waals surface area contributed by atoms with E-state index in [1.807, 2.05) is 0 Å². The molecule has 0 spiro atoms. The third-order valence-corrected chi connectivity index (χ3v) is 10.6. The zero-order chi connectivity index (χ0) is 30.7. The second-order valence-electron chi connectivity index (χ2n) is 11.4. The summed E-state index contributed by atoms with van der Waals surface area (Å²) in [6.45, 7) is 1.75. The Hall–Kier alpha value is -3.76. The maximum atomic E-state index is 13.4. The minimum Gasteiger partial charge on any atom is -0.353 e. The molecule has 1 saturated heterocycles. The van der Waals surface area contributed by atoms with E-state index < -0.39 is 22.0 Å². The Bertz CT molecular complexity index is 1790. The standard InChI is InChI=1S/C34H35ClN4O4S/c35-27-12-14-28(15-13-27)44(42,43)39-18-17-37-34(41)32(39)20-33(40)38-31-10-4-7-25-19-23(11-16-30(25)31)21-36-22-26-8-3-6-24-5-1-2-9-29(24)26/h1-3,5-6,8-9,11-16,19,31-32,36H,4,7,10,17-18,20-22H2,(H,37,41)(H,38,40)/t31-,32-/m1/s1. The van der Waals surface area contributed by atoms with Gasteiger partial charge in [-0.3, -0.25) is 9.59 Å². The third kappa shape index (κ3) is 6.51. The SMILES string of the molecule is O=C(C[C@@H]1C(=O)NCCN1S(=O)(=O)c1ccc(Cl)cc1)N[C@@H]1CCCc2cc(CNCc3cccc4ccccc34)ccc21. The van der Waals surface area contributed by atoms with E-state index >= 15 is 0 Å². The summed E-state index contributed by atoms with van der Waals surface area (Å²) in [5.41, 5.74) is 4.71. The first kappa shape index (κ1) is 30.3. The molecule has 1 fully saturated rings. The van der Waals surface area contributed by atoms with E-state index in [-0.39, 0.29) is 36.4 Å². The van der Waals surface area contributed by atoms with Crippen molar-refractivity contribution in [2.24, 2.45) is 0 Å². The maximum Gasteiger partial charge on any atom is 0.243 e. The van der Waals surface area contributed by atoms with Crippen LogP contribution in [0.1, 0.15) is 47.6 Å². The smallest absolute Gasteiger partial charge is 0.243 e. The van der Waals surface area contributed by atoms with Gasteiger partial charge in [0.2, 0.25) is 21.8 Å². The molecule has 44 heavy (non-hydrogen) atoms. The summed E-state index contributed by atoms with van der Waals surface area (Å²) in [5.74, 6) is -0.837. The topological polar surface area (TPSA) is 108 Å². The molecular weight excluding hydrogens is 596 g/mol. The Balaban J connectivity index is 1.10. The zero-order valence-electron chi connectivity index (χ0n) is 24.3. The van der Waals surface area contributed by atoms with Crippen LogP contribution in [-0.2, 0) is 39.1 Å². The van der Waals surface area contributed by atoms with Crippen LogP contribution < -0.4 is 16.0 Å². The molecule has 0 bridgehead atoms. The van der Waals surface area contributed by atoms with E-state index in [0.717, 1.165) is 42.2 Å². The van der Waals surface area contributed by atoms with E-state index in [2.05, 4.69) is 76.6 Å². The number of nitrogens with one attached hydrogen (secondary N) is 3. The van der Waals surface area contributed by atoms with Crippen LogP contribution in [0.4, 0.5) is 0 Å². The molecule has 1 heterocycles. The lowest BCUT2D eigenvalue weighted by Gasteiger charge is -2.34. The Labute approximate surface area is 262 Å². The summed E-state index contributed by atoms with van der Waals surface area (Å²) in [6, 6.07) is 25.6. The first-order valence-electron chi connectivity index (χ1n) is 14.9. The van der Waals surface area contributed by atoms with Crippen LogP contribution in [0.3, 0.4) is 0 Å². The number of hydrogen-bond donors (Lipinski definition) is 3. The molecule has 2 aliphatic rings. The number of fused-ring (bicyclic) bond motifs is 2. The molecule has 2 amide bonds. The van der Waals surface area contributed by atoms with Gasteiger partial charge in [0.1, 0.15) is 6.04 Å². The van der Waals surface area contributed by atoms with Crippen LogP contribution in [0.2, 0.25) is 5.02 Å². The van der Waals surface area contributed by atoms with Gasteiger partial charge in [0.25, 0.3) is 0 Å². The van der Waals surface area contributed by atoms with Crippen molar-refractivity contribution in [3.63, 3.8) is 0 Å². The van der Waals surface area contributed by atoms with Gasteiger partial charge in [-0.2, -0.15) is 4.31 Å². The van der Waals surface area contributed by atoms with Crippen molar-refractivity contribution < 1.29 is 18.0 Å². The minimum absolute atomic E-state index is 0.0330. The van der Waals surface area contributed by atoms with Crippen LogP contribution in [0.15, 0.2) is 89.8 Å². The Morgan fingerprint density at radius 3 is 2.61 bits per heavy atom. The highest BCUT2D eigenvalue weighted by Gasteiger charge is 2.40. The minimum atomic E-state index is -4.00. The molecule has 0 aromatic heterocycles. The van der Waals surface area contributed by atoms with Crippen LogP contribution in [0.25, 0.3) is 10.8 Å². The number of benzene rings is 4. The summed E-state index contributed by atoms with van der Waals surface area (Å²) in [7, 11) is -4.00. The molecule has 1 aliphatic heterocycles. The summed E-state index contributed by atoms with van der Waals surface area (Å²) < 4.78 is 27.9. The summed E-state index contributed by atoms with van der Waals surface area (Å²) in [4.78, 5) is 26.1. The van der Waals surface area contributed by atoms with Gasteiger partial charge in [0.05, 0.1) is 17.4 Å². The highest BCUT2D eigenvalue weighted by molar-refractivity contribution is 7.89. The number of rotatable bonds is 9. The first-order valence-corrected chi connectivity index (χ1v) is 16.7. The number of nitrogens with zero attached hydrogens (tertiary/aromatic N) is 1. The van der Waals surface area contributed by atoms with E-state index in [1.54, 1.807) is 0 Å². The largest absolute Gasteiger partial charge is 0.353 e. The molecule has 4 aromatic carbocycles. The van der Waals surface area contributed by atoms with Gasteiger partial charge in [-0.15, -0.1) is 0 Å². The Kier molecular flexibility index (Phi) is 9.00.